The lowest BCUT2D eigenvalue weighted by atomic mass is 9.83. The Kier molecular flexibility index (Phi) is 12.1. The number of carbonyl (C=O) groups is 5. The summed E-state index contributed by atoms with van der Waals surface area (Å²) in [6.45, 7) is 15.6. The molecule has 0 spiro atoms. The predicted octanol–water partition coefficient (Wildman–Crippen LogP) is 3.25. The zero-order valence-corrected chi connectivity index (χ0v) is 30.6. The van der Waals surface area contributed by atoms with Crippen molar-refractivity contribution in [2.45, 2.75) is 115 Å². The number of aromatic nitrogens is 1. The number of nitrogens with zero attached hydrogens (tertiary/aromatic N) is 2. The maximum Gasteiger partial charge on any atom is 0.315 e. The molecule has 3 fully saturated rings. The average molecular weight is 699 g/mol. The highest BCUT2D eigenvalue weighted by Crippen LogP contribution is 2.65. The Balaban J connectivity index is 1.53. The van der Waals surface area contributed by atoms with Crippen molar-refractivity contribution in [3.05, 3.63) is 37.1 Å². The van der Waals surface area contributed by atoms with Crippen LogP contribution in [0.2, 0.25) is 0 Å². The molecule has 13 heteroatoms. The average Bonchev–Trinajstić information content (AvgIpc) is 3.36. The molecule has 3 aliphatic rings. The number of piperidine rings is 1. The van der Waals surface area contributed by atoms with E-state index in [0.717, 1.165) is 19.3 Å². The number of likely N-dealkylation sites (tertiary alicyclic amines) is 1. The Labute approximate surface area is 292 Å². The molecule has 49 heavy (non-hydrogen) atoms. The van der Waals surface area contributed by atoms with Crippen LogP contribution >= 0.6 is 0 Å². The second-order valence-corrected chi connectivity index (χ2v) is 16.9. The molecule has 1 aromatic rings. The van der Waals surface area contributed by atoms with Crippen molar-refractivity contribution in [1.82, 2.24) is 31.2 Å². The van der Waals surface area contributed by atoms with Gasteiger partial charge in [0.1, 0.15) is 17.1 Å². The number of nitrogens with one attached hydrogen (secondary N) is 4. The molecule has 5 amide bonds. The van der Waals surface area contributed by atoms with E-state index in [1.807, 2.05) is 27.7 Å². The Morgan fingerprint density at radius 3 is 2.39 bits per heavy atom. The van der Waals surface area contributed by atoms with Crippen molar-refractivity contribution >= 4 is 40.3 Å². The summed E-state index contributed by atoms with van der Waals surface area (Å²) in [5.41, 5.74) is -1.64. The molecule has 2 unspecified atom stereocenters. The Bertz CT molecular complexity index is 1440. The summed E-state index contributed by atoms with van der Waals surface area (Å²) in [6.07, 6.45) is 7.97. The smallest absolute Gasteiger partial charge is 0.315 e. The molecule has 0 bridgehead atoms. The van der Waals surface area contributed by atoms with Crippen molar-refractivity contribution in [3.8, 4) is 0 Å². The molecule has 2 saturated carbocycles. The number of hydrogen-bond donors (Lipinski definition) is 4. The van der Waals surface area contributed by atoms with Gasteiger partial charge in [0.05, 0.1) is 28.1 Å². The summed E-state index contributed by atoms with van der Waals surface area (Å²) >= 11 is 0. The lowest BCUT2D eigenvalue weighted by Crippen LogP contribution is -2.63. The third kappa shape index (κ3) is 8.77. The minimum absolute atomic E-state index is 0.0740. The first kappa shape index (κ1) is 38.2. The van der Waals surface area contributed by atoms with Gasteiger partial charge >= 0.3 is 6.03 Å². The van der Waals surface area contributed by atoms with Crippen LogP contribution < -0.4 is 21.3 Å². The first-order chi connectivity index (χ1) is 23.1. The largest absolute Gasteiger partial charge is 0.346 e. The van der Waals surface area contributed by atoms with Crippen LogP contribution in [-0.4, -0.2) is 86.1 Å². The summed E-state index contributed by atoms with van der Waals surface area (Å²) in [4.78, 5) is 73.5. The van der Waals surface area contributed by atoms with Gasteiger partial charge in [-0.3, -0.25) is 23.4 Å². The van der Waals surface area contributed by atoms with Crippen molar-refractivity contribution in [2.75, 3.05) is 18.8 Å². The van der Waals surface area contributed by atoms with Gasteiger partial charge in [-0.05, 0) is 54.1 Å². The van der Waals surface area contributed by atoms with Gasteiger partial charge in [0.15, 0.2) is 0 Å². The standard InChI is InChI=1S/C36H54N6O6S/c1-8-15-24(28(43)31(45)38-19-9-2)39-30(44)27-26-23(35(26,6)7)21-42(27)32(46)29(34(3,4)5)40-33(47)41-36(17-12-10-13-18-36)22-49(48)25-16-11-14-20-37-25/h9,11,14,16,20,23-24,26-27,29H,2,8,10,12-13,15,17-19,21-22H2,1,3-7H3,(H,38,45)(H,39,44)(H2,40,41,47)/t23-,24?,26-,27-,29+,49?/m0/s1. The monoisotopic (exact) mass is 698 g/mol. The molecule has 1 aliphatic heterocycles. The molecule has 0 aromatic carbocycles. The SMILES string of the molecule is C=CCNC(=O)C(=O)C(CCC)NC(=O)[C@@H]1[C@@H]2[C@H](CN1C(=O)[C@@H](NC(=O)NC1(CS(=O)c3ccccn3)CCCCC1)C(C)(C)C)C2(C)C. The highest BCUT2D eigenvalue weighted by Gasteiger charge is 2.70. The number of pyridine rings is 1. The zero-order chi connectivity index (χ0) is 36.1. The number of rotatable bonds is 14. The van der Waals surface area contributed by atoms with E-state index in [0.29, 0.717) is 30.8 Å². The molecular weight excluding hydrogens is 644 g/mol. The molecule has 6 atom stereocenters. The van der Waals surface area contributed by atoms with Crippen LogP contribution in [0.1, 0.15) is 86.5 Å². The van der Waals surface area contributed by atoms with Gasteiger partial charge in [-0.15, -0.1) is 6.58 Å². The highest BCUT2D eigenvalue weighted by molar-refractivity contribution is 7.85. The van der Waals surface area contributed by atoms with E-state index in [2.05, 4.69) is 46.7 Å². The van der Waals surface area contributed by atoms with Gasteiger partial charge in [-0.1, -0.05) is 79.4 Å². The molecule has 1 aromatic heterocycles. The van der Waals surface area contributed by atoms with Crippen LogP contribution in [0.5, 0.6) is 0 Å². The molecule has 4 rings (SSSR count). The third-order valence-corrected chi connectivity index (χ3v) is 12.0. The maximum atomic E-state index is 14.4. The van der Waals surface area contributed by atoms with Gasteiger partial charge in [0, 0.05) is 19.3 Å². The van der Waals surface area contributed by atoms with E-state index in [1.54, 1.807) is 29.3 Å². The molecule has 2 aliphatic carbocycles. The van der Waals surface area contributed by atoms with Crippen LogP contribution in [0.3, 0.4) is 0 Å². The minimum atomic E-state index is -1.44. The minimum Gasteiger partial charge on any atom is -0.346 e. The molecule has 2 heterocycles. The fourth-order valence-electron chi connectivity index (χ4n) is 7.60. The topological polar surface area (TPSA) is 167 Å². The normalized spacial score (nSPS) is 24.0. The van der Waals surface area contributed by atoms with Crippen molar-refractivity contribution in [3.63, 3.8) is 0 Å². The first-order valence-corrected chi connectivity index (χ1v) is 18.8. The summed E-state index contributed by atoms with van der Waals surface area (Å²) in [7, 11) is -1.44. The lowest BCUT2D eigenvalue weighted by molar-refractivity contribution is -0.145. The summed E-state index contributed by atoms with van der Waals surface area (Å²) in [5, 5.41) is 11.8. The predicted molar refractivity (Wildman–Crippen MR) is 188 cm³/mol. The van der Waals surface area contributed by atoms with Crippen LogP contribution in [0.25, 0.3) is 0 Å². The van der Waals surface area contributed by atoms with Crippen molar-refractivity contribution < 1.29 is 28.2 Å². The Morgan fingerprint density at radius 1 is 1.10 bits per heavy atom. The first-order valence-electron chi connectivity index (χ1n) is 17.5. The maximum absolute atomic E-state index is 14.4. The van der Waals surface area contributed by atoms with Gasteiger partial charge in [-0.2, -0.15) is 0 Å². The van der Waals surface area contributed by atoms with Gasteiger partial charge < -0.3 is 26.2 Å². The number of urea groups is 1. The number of Topliss-reactive ketones (excluding diaryl/α,β-unsaturated/α-hetero) is 1. The zero-order valence-electron chi connectivity index (χ0n) is 29.8. The van der Waals surface area contributed by atoms with Crippen molar-refractivity contribution in [2.24, 2.45) is 22.7 Å². The molecule has 1 saturated heterocycles. The van der Waals surface area contributed by atoms with E-state index in [1.165, 1.54) is 6.08 Å². The van der Waals surface area contributed by atoms with E-state index in [9.17, 15) is 28.2 Å². The molecular formula is C36H54N6O6S. The van der Waals surface area contributed by atoms with Crippen molar-refractivity contribution in [1.29, 1.82) is 0 Å². The number of hydrogen-bond acceptors (Lipinski definition) is 7. The van der Waals surface area contributed by atoms with Gasteiger partial charge in [0.25, 0.3) is 5.91 Å². The quantitative estimate of drug-likeness (QED) is 0.171. The van der Waals surface area contributed by atoms with Crippen LogP contribution in [-0.2, 0) is 30.0 Å². The third-order valence-electron chi connectivity index (χ3n) is 10.5. The lowest BCUT2D eigenvalue weighted by Gasteiger charge is -2.40. The fourth-order valence-corrected chi connectivity index (χ4v) is 9.02. The van der Waals surface area contributed by atoms with Gasteiger partial charge in [0.2, 0.25) is 17.6 Å². The van der Waals surface area contributed by atoms with Gasteiger partial charge in [-0.25, -0.2) is 9.78 Å². The summed E-state index contributed by atoms with van der Waals surface area (Å²) < 4.78 is 13.3. The summed E-state index contributed by atoms with van der Waals surface area (Å²) in [5.74, 6) is -2.26. The second kappa shape index (κ2) is 15.5. The molecule has 4 N–H and O–H groups in total. The summed E-state index contributed by atoms with van der Waals surface area (Å²) in [6, 6.07) is 1.85. The van der Waals surface area contributed by atoms with Crippen LogP contribution in [0, 0.1) is 22.7 Å². The van der Waals surface area contributed by atoms with E-state index in [-0.39, 0.29) is 41.9 Å². The Hall–Kier alpha value is -3.61. The Morgan fingerprint density at radius 2 is 1.80 bits per heavy atom. The molecule has 12 nitrogen and oxygen atoms in total. The van der Waals surface area contributed by atoms with E-state index in [4.69, 9.17) is 0 Å². The van der Waals surface area contributed by atoms with E-state index >= 15 is 0 Å². The number of fused-ring (bicyclic) bond motifs is 1. The molecule has 270 valence electrons. The fraction of sp³-hybridized carbons (Fsp3) is 0.667. The van der Waals surface area contributed by atoms with Crippen LogP contribution in [0.15, 0.2) is 42.1 Å². The molecule has 0 radical (unpaired) electrons. The second-order valence-electron chi connectivity index (χ2n) is 15.5. The number of amides is 5. The number of carbonyl (C=O) groups excluding carboxylic acids is 5. The number of ketones is 1. The van der Waals surface area contributed by atoms with Crippen LogP contribution in [0.4, 0.5) is 4.79 Å². The van der Waals surface area contributed by atoms with E-state index < -0.39 is 63.5 Å². The highest BCUT2D eigenvalue weighted by atomic mass is 32.2.